The zero-order valence-corrected chi connectivity index (χ0v) is 19.1. The number of benzene rings is 3. The highest BCUT2D eigenvalue weighted by atomic mass is 16.3. The molecule has 0 spiro atoms. The molecule has 0 aliphatic heterocycles. The fraction of sp³-hybridized carbons (Fsp3) is 0. The molecule has 0 bridgehead atoms. The molecule has 5 heterocycles. The fourth-order valence-electron chi connectivity index (χ4n) is 5.40. The molecule has 8 aromatic rings. The van der Waals surface area contributed by atoms with Gasteiger partial charge < -0.3 is 8.83 Å². The minimum Gasteiger partial charge on any atom is -0.447 e. The van der Waals surface area contributed by atoms with E-state index in [4.69, 9.17) is 8.83 Å². The molecule has 0 saturated heterocycles. The van der Waals surface area contributed by atoms with Gasteiger partial charge in [0.15, 0.2) is 0 Å². The van der Waals surface area contributed by atoms with Crippen LogP contribution in [0.1, 0.15) is 0 Å². The number of nitrogens with zero attached hydrogens (tertiary/aromatic N) is 3. The van der Waals surface area contributed by atoms with Crippen molar-refractivity contribution < 1.29 is 8.83 Å². The number of furan rings is 2. The van der Waals surface area contributed by atoms with Crippen molar-refractivity contribution in [3.8, 4) is 22.6 Å². The second-order valence-electron chi connectivity index (χ2n) is 8.93. The van der Waals surface area contributed by atoms with Crippen molar-refractivity contribution in [3.63, 3.8) is 0 Å². The maximum absolute atomic E-state index is 6.01. The van der Waals surface area contributed by atoms with Crippen LogP contribution in [0.2, 0.25) is 0 Å². The zero-order chi connectivity index (χ0) is 23.6. The summed E-state index contributed by atoms with van der Waals surface area (Å²) in [4.78, 5) is 4.53. The number of aromatic nitrogens is 3. The smallest absolute Gasteiger partial charge is 0.212 e. The number of para-hydroxylation sites is 1. The van der Waals surface area contributed by atoms with Crippen LogP contribution in [0, 0.1) is 0 Å². The van der Waals surface area contributed by atoms with Crippen LogP contribution in [0.15, 0.2) is 125 Å². The van der Waals surface area contributed by atoms with Gasteiger partial charge in [-0.05, 0) is 60.7 Å². The summed E-state index contributed by atoms with van der Waals surface area (Å²) in [5, 5.41) is 4.49. The van der Waals surface area contributed by atoms with Crippen molar-refractivity contribution in [2.75, 3.05) is 0 Å². The van der Waals surface area contributed by atoms with Crippen LogP contribution < -0.4 is 0 Å². The van der Waals surface area contributed by atoms with E-state index in [0.717, 1.165) is 61.3 Å². The Morgan fingerprint density at radius 3 is 2.06 bits per heavy atom. The highest BCUT2D eigenvalue weighted by Crippen LogP contribution is 2.37. The fourth-order valence-corrected chi connectivity index (χ4v) is 5.40. The first-order valence-corrected chi connectivity index (χ1v) is 11.9. The minimum atomic E-state index is 0.820. The Morgan fingerprint density at radius 1 is 0.528 bits per heavy atom. The van der Waals surface area contributed by atoms with Crippen molar-refractivity contribution in [2.24, 2.45) is 0 Å². The average Bonchev–Trinajstić information content (AvgIpc) is 3.70. The monoisotopic (exact) mass is 465 g/mol. The van der Waals surface area contributed by atoms with Gasteiger partial charge in [-0.2, -0.15) is 0 Å². The number of pyridine rings is 1. The zero-order valence-electron chi connectivity index (χ0n) is 19.1. The lowest BCUT2D eigenvalue weighted by Crippen LogP contribution is -1.96. The highest BCUT2D eigenvalue weighted by Gasteiger charge is 2.19. The molecule has 5 aromatic heterocycles. The van der Waals surface area contributed by atoms with E-state index in [2.05, 4.69) is 80.8 Å². The molecular weight excluding hydrogens is 446 g/mol. The second kappa shape index (κ2) is 7.23. The van der Waals surface area contributed by atoms with E-state index >= 15 is 0 Å². The lowest BCUT2D eigenvalue weighted by molar-refractivity contribution is 0.595. The summed E-state index contributed by atoms with van der Waals surface area (Å²) in [6, 6.07) is 33.4. The van der Waals surface area contributed by atoms with Gasteiger partial charge in [0.25, 0.3) is 0 Å². The quantitative estimate of drug-likeness (QED) is 0.265. The Balaban J connectivity index is 1.38. The molecule has 0 N–H and O–H groups in total. The minimum absolute atomic E-state index is 0.820. The van der Waals surface area contributed by atoms with Crippen LogP contribution in [0.25, 0.3) is 66.6 Å². The Morgan fingerprint density at radius 2 is 1.25 bits per heavy atom. The van der Waals surface area contributed by atoms with Gasteiger partial charge in [-0.3, -0.25) is 14.1 Å². The predicted molar refractivity (Wildman–Crippen MR) is 143 cm³/mol. The summed E-state index contributed by atoms with van der Waals surface area (Å²) in [7, 11) is 0. The molecular formula is C31H19N3O2. The van der Waals surface area contributed by atoms with Gasteiger partial charge >= 0.3 is 0 Å². The molecule has 0 saturated carbocycles. The van der Waals surface area contributed by atoms with E-state index in [0.29, 0.717) is 0 Å². The lowest BCUT2D eigenvalue weighted by atomic mass is 10.1. The molecule has 5 heteroatoms. The summed E-state index contributed by atoms with van der Waals surface area (Å²) >= 11 is 0. The van der Waals surface area contributed by atoms with Gasteiger partial charge in [0.1, 0.15) is 0 Å². The van der Waals surface area contributed by atoms with E-state index in [9.17, 15) is 0 Å². The molecule has 8 rings (SSSR count). The number of fused-ring (bicyclic) bond motifs is 6. The number of hydrogen-bond acceptors (Lipinski definition) is 3. The molecule has 36 heavy (non-hydrogen) atoms. The molecule has 0 atom stereocenters. The Kier molecular flexibility index (Phi) is 3.88. The SMILES string of the molecule is c1ccc(-c2cccc(-n3c4ccc(-n5c6ccccc6c6ccoc65)cc4c4ccoc43)c2)nc1. The average molecular weight is 466 g/mol. The molecule has 3 aromatic carbocycles. The maximum atomic E-state index is 6.01. The standard InChI is InChI=1S/C31H19N3O2/c1-2-10-28-23(8-1)24-13-16-35-30(24)34(28)22-11-12-29-26(19-22)25-14-17-36-31(25)33(29)21-7-5-6-20(18-21)27-9-3-4-15-32-27/h1-19H. The maximum Gasteiger partial charge on any atom is 0.212 e. The predicted octanol–water partition coefficient (Wildman–Crippen LogP) is 8.13. The first kappa shape index (κ1) is 19.3. The van der Waals surface area contributed by atoms with Crippen LogP contribution in [0.3, 0.4) is 0 Å². The van der Waals surface area contributed by atoms with Crippen molar-refractivity contribution in [2.45, 2.75) is 0 Å². The summed E-state index contributed by atoms with van der Waals surface area (Å²) in [6.45, 7) is 0. The van der Waals surface area contributed by atoms with Crippen LogP contribution in [-0.4, -0.2) is 14.1 Å². The number of rotatable bonds is 3. The number of hydrogen-bond donors (Lipinski definition) is 0. The topological polar surface area (TPSA) is 49.0 Å². The molecule has 0 unspecified atom stereocenters. The van der Waals surface area contributed by atoms with Crippen molar-refractivity contribution in [1.82, 2.24) is 14.1 Å². The summed E-state index contributed by atoms with van der Waals surface area (Å²) in [6.07, 6.45) is 5.33. The van der Waals surface area contributed by atoms with Crippen molar-refractivity contribution in [3.05, 3.63) is 116 Å². The lowest BCUT2D eigenvalue weighted by Gasteiger charge is -2.10. The van der Waals surface area contributed by atoms with Gasteiger partial charge in [0.2, 0.25) is 11.4 Å². The van der Waals surface area contributed by atoms with E-state index in [1.165, 1.54) is 5.39 Å². The third-order valence-electron chi connectivity index (χ3n) is 6.97. The summed E-state index contributed by atoms with van der Waals surface area (Å²) in [5.74, 6) is 0. The molecule has 0 aliphatic rings. The van der Waals surface area contributed by atoms with E-state index < -0.39 is 0 Å². The molecule has 0 aliphatic carbocycles. The Hall–Kier alpha value is -5.03. The van der Waals surface area contributed by atoms with Gasteiger partial charge in [0, 0.05) is 44.7 Å². The molecule has 0 radical (unpaired) electrons. The van der Waals surface area contributed by atoms with Gasteiger partial charge in [-0.15, -0.1) is 0 Å². The van der Waals surface area contributed by atoms with Gasteiger partial charge in [-0.25, -0.2) is 0 Å². The first-order valence-electron chi connectivity index (χ1n) is 11.9. The van der Waals surface area contributed by atoms with Crippen LogP contribution in [0.4, 0.5) is 0 Å². The molecule has 0 amide bonds. The normalized spacial score (nSPS) is 11.9. The highest BCUT2D eigenvalue weighted by molar-refractivity contribution is 6.10. The van der Waals surface area contributed by atoms with Gasteiger partial charge in [0.05, 0.1) is 29.3 Å². The molecule has 5 nitrogen and oxygen atoms in total. The third-order valence-corrected chi connectivity index (χ3v) is 6.97. The van der Waals surface area contributed by atoms with Crippen LogP contribution >= 0.6 is 0 Å². The largest absolute Gasteiger partial charge is 0.447 e. The Labute approximate surface area is 205 Å². The Bertz CT molecular complexity index is 2050. The van der Waals surface area contributed by atoms with Gasteiger partial charge in [-0.1, -0.05) is 36.4 Å². The molecule has 170 valence electrons. The van der Waals surface area contributed by atoms with Crippen molar-refractivity contribution in [1.29, 1.82) is 0 Å². The third kappa shape index (κ3) is 2.62. The van der Waals surface area contributed by atoms with E-state index in [1.54, 1.807) is 12.5 Å². The van der Waals surface area contributed by atoms with Crippen LogP contribution in [0.5, 0.6) is 0 Å². The molecule has 0 fully saturated rings. The first-order chi connectivity index (χ1) is 17.9. The van der Waals surface area contributed by atoms with Crippen LogP contribution in [-0.2, 0) is 0 Å². The van der Waals surface area contributed by atoms with E-state index in [1.807, 2.05) is 36.5 Å². The summed E-state index contributed by atoms with van der Waals surface area (Å²) in [5.41, 5.74) is 7.95. The van der Waals surface area contributed by atoms with Crippen molar-refractivity contribution >= 4 is 44.0 Å². The van der Waals surface area contributed by atoms with E-state index in [-0.39, 0.29) is 0 Å². The second-order valence-corrected chi connectivity index (χ2v) is 8.93. The summed E-state index contributed by atoms with van der Waals surface area (Å²) < 4.78 is 16.3.